The third kappa shape index (κ3) is 8.40. The van der Waals surface area contributed by atoms with Crippen LogP contribution < -0.4 is 16.0 Å². The van der Waals surface area contributed by atoms with Gasteiger partial charge in [-0.3, -0.25) is 9.79 Å². The second kappa shape index (κ2) is 12.5. The largest absolute Gasteiger partial charge is 0.356 e. The van der Waals surface area contributed by atoms with Crippen LogP contribution in [-0.4, -0.2) is 38.0 Å². The van der Waals surface area contributed by atoms with Crippen molar-refractivity contribution in [3.63, 3.8) is 0 Å². The number of nitrogens with one attached hydrogen (secondary N) is 3. The van der Waals surface area contributed by atoms with E-state index in [-0.39, 0.29) is 29.9 Å². The summed E-state index contributed by atoms with van der Waals surface area (Å²) in [7, 11) is 1.76. The van der Waals surface area contributed by atoms with E-state index in [1.165, 1.54) is 24.8 Å². The summed E-state index contributed by atoms with van der Waals surface area (Å²) in [4.78, 5) is 16.2. The Morgan fingerprint density at radius 2 is 2.08 bits per heavy atom. The molecule has 142 valence electrons. The van der Waals surface area contributed by atoms with E-state index < -0.39 is 0 Å². The number of thiophene rings is 1. The minimum atomic E-state index is 0. The minimum Gasteiger partial charge on any atom is -0.356 e. The van der Waals surface area contributed by atoms with Crippen LogP contribution in [0, 0.1) is 0 Å². The molecule has 0 bridgehead atoms. The molecule has 5 nitrogen and oxygen atoms in total. The van der Waals surface area contributed by atoms with Gasteiger partial charge in [-0.05, 0) is 41.1 Å². The average molecular weight is 478 g/mol. The van der Waals surface area contributed by atoms with Crippen LogP contribution in [0.15, 0.2) is 21.8 Å². The zero-order chi connectivity index (χ0) is 17.2. The maximum absolute atomic E-state index is 12.0. The monoisotopic (exact) mass is 478 g/mol. The molecule has 25 heavy (non-hydrogen) atoms. The number of hydrogen-bond donors (Lipinski definition) is 3. The lowest BCUT2D eigenvalue weighted by atomic mass is 9.95. The highest BCUT2D eigenvalue weighted by Gasteiger charge is 2.15. The van der Waals surface area contributed by atoms with E-state index in [9.17, 15) is 4.79 Å². The number of amides is 1. The smallest absolute Gasteiger partial charge is 0.221 e. The van der Waals surface area contributed by atoms with Crippen molar-refractivity contribution >= 4 is 47.2 Å². The van der Waals surface area contributed by atoms with Crippen LogP contribution in [0.4, 0.5) is 0 Å². The summed E-state index contributed by atoms with van der Waals surface area (Å²) in [6, 6.07) is 2.54. The average Bonchev–Trinajstić information content (AvgIpc) is 3.13. The molecule has 1 heterocycles. The topological polar surface area (TPSA) is 65.5 Å². The standard InChI is InChI=1S/C18H30N4OS.HI/c1-14(15-9-11-24-13-15)12-21-18(19-2)20-10-8-17(23)22-16-6-4-3-5-7-16;/h9,11,13-14,16H,3-8,10,12H2,1-2H3,(H,22,23)(H2,19,20,21);1H. The summed E-state index contributed by atoms with van der Waals surface area (Å²) >= 11 is 1.72. The maximum Gasteiger partial charge on any atom is 0.221 e. The maximum atomic E-state index is 12.0. The molecule has 0 aromatic carbocycles. The van der Waals surface area contributed by atoms with Crippen molar-refractivity contribution in [2.24, 2.45) is 4.99 Å². The van der Waals surface area contributed by atoms with Crippen LogP contribution in [0.25, 0.3) is 0 Å². The number of carbonyl (C=O) groups is 1. The molecule has 0 saturated heterocycles. The number of guanidine groups is 1. The van der Waals surface area contributed by atoms with Gasteiger partial charge in [-0.15, -0.1) is 24.0 Å². The molecule has 1 aliphatic rings. The summed E-state index contributed by atoms with van der Waals surface area (Å²) in [5.74, 6) is 1.32. The van der Waals surface area contributed by atoms with Crippen molar-refractivity contribution in [1.29, 1.82) is 0 Å². The van der Waals surface area contributed by atoms with Gasteiger partial charge in [0.15, 0.2) is 5.96 Å². The van der Waals surface area contributed by atoms with Crippen LogP contribution in [0.2, 0.25) is 0 Å². The highest BCUT2D eigenvalue weighted by Crippen LogP contribution is 2.17. The highest BCUT2D eigenvalue weighted by atomic mass is 127. The van der Waals surface area contributed by atoms with Gasteiger partial charge in [-0.25, -0.2) is 0 Å². The quantitative estimate of drug-likeness (QED) is 0.320. The molecule has 1 unspecified atom stereocenters. The molecule has 1 aromatic heterocycles. The fraction of sp³-hybridized carbons (Fsp3) is 0.667. The van der Waals surface area contributed by atoms with E-state index in [1.807, 2.05) is 0 Å². The van der Waals surface area contributed by atoms with Gasteiger partial charge in [0.2, 0.25) is 5.91 Å². The summed E-state index contributed by atoms with van der Waals surface area (Å²) in [5, 5.41) is 14.0. The SMILES string of the molecule is CN=C(NCCC(=O)NC1CCCCC1)NCC(C)c1ccsc1.I. The van der Waals surface area contributed by atoms with Crippen LogP contribution in [0.3, 0.4) is 0 Å². The first-order valence-electron chi connectivity index (χ1n) is 8.95. The predicted molar refractivity (Wildman–Crippen MR) is 117 cm³/mol. The second-order valence-corrected chi connectivity index (χ2v) is 7.27. The zero-order valence-corrected chi connectivity index (χ0v) is 18.4. The molecule has 2 rings (SSSR count). The Morgan fingerprint density at radius 1 is 1.32 bits per heavy atom. The number of carbonyl (C=O) groups excluding carboxylic acids is 1. The van der Waals surface area contributed by atoms with Gasteiger partial charge in [0.1, 0.15) is 0 Å². The molecule has 1 saturated carbocycles. The zero-order valence-electron chi connectivity index (χ0n) is 15.2. The summed E-state index contributed by atoms with van der Waals surface area (Å²) in [6.07, 6.45) is 6.52. The molecular weight excluding hydrogens is 447 g/mol. The molecule has 1 aliphatic carbocycles. The van der Waals surface area contributed by atoms with Crippen molar-refractivity contribution in [2.75, 3.05) is 20.1 Å². The van der Waals surface area contributed by atoms with Crippen LogP contribution in [0.5, 0.6) is 0 Å². The van der Waals surface area contributed by atoms with Gasteiger partial charge in [-0.1, -0.05) is 26.2 Å². The summed E-state index contributed by atoms with van der Waals surface area (Å²) in [6.45, 7) is 3.62. The lowest BCUT2D eigenvalue weighted by Gasteiger charge is -2.22. The second-order valence-electron chi connectivity index (χ2n) is 6.49. The van der Waals surface area contributed by atoms with Crippen LogP contribution >= 0.6 is 35.3 Å². The van der Waals surface area contributed by atoms with E-state index in [0.717, 1.165) is 25.3 Å². The lowest BCUT2D eigenvalue weighted by molar-refractivity contribution is -0.121. The Balaban J connectivity index is 0.00000312. The van der Waals surface area contributed by atoms with Gasteiger partial charge in [0.05, 0.1) is 0 Å². The fourth-order valence-corrected chi connectivity index (χ4v) is 3.77. The molecule has 7 heteroatoms. The van der Waals surface area contributed by atoms with Gasteiger partial charge in [0.25, 0.3) is 0 Å². The van der Waals surface area contributed by atoms with E-state index >= 15 is 0 Å². The van der Waals surface area contributed by atoms with Crippen LogP contribution in [-0.2, 0) is 4.79 Å². The number of rotatable bonds is 7. The third-order valence-electron chi connectivity index (χ3n) is 4.53. The summed E-state index contributed by atoms with van der Waals surface area (Å²) < 4.78 is 0. The van der Waals surface area contributed by atoms with E-state index in [0.29, 0.717) is 24.9 Å². The van der Waals surface area contributed by atoms with E-state index in [4.69, 9.17) is 0 Å². The molecule has 0 spiro atoms. The number of nitrogens with zero attached hydrogens (tertiary/aromatic N) is 1. The highest BCUT2D eigenvalue weighted by molar-refractivity contribution is 14.0. The van der Waals surface area contributed by atoms with Crippen molar-refractivity contribution in [3.8, 4) is 0 Å². The third-order valence-corrected chi connectivity index (χ3v) is 5.23. The normalized spacial score (nSPS) is 16.6. The van der Waals surface area contributed by atoms with Gasteiger partial charge in [-0.2, -0.15) is 11.3 Å². The van der Waals surface area contributed by atoms with Gasteiger partial charge >= 0.3 is 0 Å². The first-order chi connectivity index (χ1) is 11.7. The molecule has 1 amide bonds. The van der Waals surface area contributed by atoms with Gasteiger partial charge in [0, 0.05) is 32.6 Å². The fourth-order valence-electron chi connectivity index (χ4n) is 2.98. The van der Waals surface area contributed by atoms with Crippen molar-refractivity contribution < 1.29 is 4.79 Å². The molecular formula is C18H31IN4OS. The predicted octanol–water partition coefficient (Wildman–Crippen LogP) is 3.47. The lowest BCUT2D eigenvalue weighted by Crippen LogP contribution is -2.42. The molecule has 1 fully saturated rings. The Labute approximate surface area is 172 Å². The van der Waals surface area contributed by atoms with Crippen LogP contribution in [0.1, 0.15) is 56.9 Å². The number of halogens is 1. The summed E-state index contributed by atoms with van der Waals surface area (Å²) in [5.41, 5.74) is 1.34. The minimum absolute atomic E-state index is 0. The Hall–Kier alpha value is -0.830. The van der Waals surface area contributed by atoms with Crippen molar-refractivity contribution in [3.05, 3.63) is 22.4 Å². The molecule has 1 atom stereocenters. The Kier molecular flexibility index (Phi) is 11.1. The molecule has 3 N–H and O–H groups in total. The molecule has 1 aromatic rings. The van der Waals surface area contributed by atoms with Gasteiger partial charge < -0.3 is 16.0 Å². The first-order valence-corrected chi connectivity index (χ1v) is 9.89. The van der Waals surface area contributed by atoms with E-state index in [2.05, 4.69) is 44.7 Å². The van der Waals surface area contributed by atoms with Crippen molar-refractivity contribution in [2.45, 2.75) is 57.4 Å². The number of hydrogen-bond acceptors (Lipinski definition) is 3. The first kappa shape index (κ1) is 22.2. The Morgan fingerprint density at radius 3 is 2.72 bits per heavy atom. The van der Waals surface area contributed by atoms with Crippen molar-refractivity contribution in [1.82, 2.24) is 16.0 Å². The molecule has 0 radical (unpaired) electrons. The Bertz CT molecular complexity index is 515. The number of aliphatic imine (C=N–C) groups is 1. The molecule has 0 aliphatic heterocycles. The van der Waals surface area contributed by atoms with E-state index in [1.54, 1.807) is 18.4 Å².